The van der Waals surface area contributed by atoms with E-state index in [-0.39, 0.29) is 28.7 Å². The minimum absolute atomic E-state index is 0.0163. The van der Waals surface area contributed by atoms with Crippen LogP contribution in [0.4, 0.5) is 15.8 Å². The molecule has 2 aliphatic heterocycles. The van der Waals surface area contributed by atoms with Gasteiger partial charge in [0.25, 0.3) is 15.9 Å². The van der Waals surface area contributed by atoms with E-state index in [0.29, 0.717) is 48.4 Å². The third-order valence-electron chi connectivity index (χ3n) is 8.64. The van der Waals surface area contributed by atoms with Gasteiger partial charge in [-0.15, -0.1) is 0 Å². The molecule has 1 spiro atoms. The fourth-order valence-corrected chi connectivity index (χ4v) is 8.31. The van der Waals surface area contributed by atoms with Crippen LogP contribution in [0.2, 0.25) is 0 Å². The van der Waals surface area contributed by atoms with Crippen LogP contribution in [0.5, 0.6) is 0 Å². The van der Waals surface area contributed by atoms with Crippen molar-refractivity contribution in [2.45, 2.75) is 49.0 Å². The number of piperidine rings is 1. The first-order chi connectivity index (χ1) is 19.6. The molecule has 1 saturated carbocycles. The number of nitriles is 1. The van der Waals surface area contributed by atoms with E-state index >= 15 is 0 Å². The largest absolute Gasteiger partial charge is 0.343 e. The number of nitrogens with zero attached hydrogens (tertiary/aromatic N) is 3. The van der Waals surface area contributed by atoms with Crippen molar-refractivity contribution in [2.24, 2.45) is 5.92 Å². The van der Waals surface area contributed by atoms with Crippen LogP contribution in [0, 0.1) is 23.1 Å². The standard InChI is InChI=1S/C31H29FN4O4S/c1-20(37)35-15-13-31(14-16-35)27-18-25(34-30(38)23-4-2-3-21(17-23)19-33)9-12-28(27)36(29(31)22-5-6-22)41(39,40)26-10-7-24(32)8-11-26/h2-4,7-12,17-18,22,29H,5-6,13-16H2,1H3,(H,34,38). The summed E-state index contributed by atoms with van der Waals surface area (Å²) >= 11 is 0. The van der Waals surface area contributed by atoms with E-state index in [2.05, 4.69) is 5.32 Å². The Kier molecular flexibility index (Phi) is 6.57. The Morgan fingerprint density at radius 3 is 2.37 bits per heavy atom. The Hall–Kier alpha value is -4.23. The maximum absolute atomic E-state index is 14.2. The lowest BCUT2D eigenvalue weighted by Gasteiger charge is -2.45. The van der Waals surface area contributed by atoms with Gasteiger partial charge in [0.05, 0.1) is 28.3 Å². The number of halogens is 1. The zero-order chi connectivity index (χ0) is 28.9. The van der Waals surface area contributed by atoms with E-state index in [1.54, 1.807) is 42.2 Å². The topological polar surface area (TPSA) is 111 Å². The quantitative estimate of drug-likeness (QED) is 0.472. The number of amides is 2. The number of carbonyl (C=O) groups excluding carboxylic acids is 2. The van der Waals surface area contributed by atoms with Crippen molar-refractivity contribution in [3.8, 4) is 6.07 Å². The van der Waals surface area contributed by atoms with Crippen LogP contribution in [0.1, 0.15) is 54.1 Å². The van der Waals surface area contributed by atoms with Gasteiger partial charge in [-0.05, 0) is 97.8 Å². The molecule has 0 bridgehead atoms. The number of hydrogen-bond acceptors (Lipinski definition) is 5. The predicted octanol–water partition coefficient (Wildman–Crippen LogP) is 4.82. The molecule has 2 heterocycles. The first-order valence-corrected chi connectivity index (χ1v) is 15.1. The third-order valence-corrected chi connectivity index (χ3v) is 10.5. The normalized spacial score (nSPS) is 19.5. The van der Waals surface area contributed by atoms with E-state index in [9.17, 15) is 27.7 Å². The SMILES string of the molecule is CC(=O)N1CCC2(CC1)c1cc(NC(=O)c3cccc(C#N)c3)ccc1N(S(=O)(=O)c1ccc(F)cc1)C2C1CC1. The minimum atomic E-state index is -4.05. The van der Waals surface area contributed by atoms with Gasteiger partial charge in [-0.25, -0.2) is 12.8 Å². The molecule has 2 fully saturated rings. The second kappa shape index (κ2) is 10.00. The molecule has 1 saturated heterocycles. The Morgan fingerprint density at radius 1 is 1.02 bits per heavy atom. The van der Waals surface area contributed by atoms with Crippen molar-refractivity contribution in [3.05, 3.63) is 89.2 Å². The molecule has 41 heavy (non-hydrogen) atoms. The average molecular weight is 573 g/mol. The van der Waals surface area contributed by atoms with E-state index in [1.807, 2.05) is 12.1 Å². The maximum atomic E-state index is 14.2. The van der Waals surface area contributed by atoms with Gasteiger partial charge >= 0.3 is 0 Å². The van der Waals surface area contributed by atoms with Gasteiger partial charge in [0.2, 0.25) is 5.91 Å². The predicted molar refractivity (Wildman–Crippen MR) is 151 cm³/mol. The number of anilines is 2. The molecule has 0 radical (unpaired) electrons. The summed E-state index contributed by atoms with van der Waals surface area (Å²) in [5.74, 6) is -0.765. The second-order valence-corrected chi connectivity index (χ2v) is 12.9. The summed E-state index contributed by atoms with van der Waals surface area (Å²) in [6.07, 6.45) is 2.95. The monoisotopic (exact) mass is 572 g/mol. The fourth-order valence-electron chi connectivity index (χ4n) is 6.51. The van der Waals surface area contributed by atoms with Crippen LogP contribution in [0.15, 0.2) is 71.6 Å². The number of fused-ring (bicyclic) bond motifs is 2. The van der Waals surface area contributed by atoms with Crippen molar-refractivity contribution in [2.75, 3.05) is 22.7 Å². The van der Waals surface area contributed by atoms with E-state index < -0.39 is 21.3 Å². The molecule has 1 unspecified atom stereocenters. The molecule has 210 valence electrons. The highest BCUT2D eigenvalue weighted by Gasteiger charge is 2.60. The highest BCUT2D eigenvalue weighted by atomic mass is 32.2. The van der Waals surface area contributed by atoms with Crippen molar-refractivity contribution >= 4 is 33.2 Å². The number of rotatable bonds is 5. The van der Waals surface area contributed by atoms with Crippen LogP contribution in [-0.2, 0) is 20.2 Å². The number of sulfonamides is 1. The highest BCUT2D eigenvalue weighted by molar-refractivity contribution is 7.92. The van der Waals surface area contributed by atoms with Gasteiger partial charge < -0.3 is 10.2 Å². The van der Waals surface area contributed by atoms with Crippen molar-refractivity contribution in [1.29, 1.82) is 5.26 Å². The molecule has 8 nitrogen and oxygen atoms in total. The third kappa shape index (κ3) is 4.64. The number of nitrogens with one attached hydrogen (secondary N) is 1. The molecule has 1 atom stereocenters. The van der Waals surface area contributed by atoms with E-state index in [1.165, 1.54) is 22.5 Å². The summed E-state index contributed by atoms with van der Waals surface area (Å²) in [7, 11) is -4.05. The van der Waals surface area contributed by atoms with Crippen LogP contribution in [0.3, 0.4) is 0 Å². The Bertz CT molecular complexity index is 1690. The molecule has 6 rings (SSSR count). The van der Waals surface area contributed by atoms with Gasteiger partial charge in [0, 0.05) is 36.7 Å². The smallest absolute Gasteiger partial charge is 0.264 e. The minimum Gasteiger partial charge on any atom is -0.343 e. The summed E-state index contributed by atoms with van der Waals surface area (Å²) < 4.78 is 43.6. The van der Waals surface area contributed by atoms with Gasteiger partial charge in [-0.1, -0.05) is 6.07 Å². The summed E-state index contributed by atoms with van der Waals surface area (Å²) in [5, 5.41) is 12.1. The van der Waals surface area contributed by atoms with Crippen molar-refractivity contribution in [3.63, 3.8) is 0 Å². The van der Waals surface area contributed by atoms with Crippen LogP contribution in [-0.4, -0.2) is 44.3 Å². The van der Waals surface area contributed by atoms with Crippen molar-refractivity contribution in [1.82, 2.24) is 4.90 Å². The number of benzene rings is 3. The highest BCUT2D eigenvalue weighted by Crippen LogP contribution is 2.59. The summed E-state index contributed by atoms with van der Waals surface area (Å²) in [6.45, 7) is 2.54. The zero-order valence-corrected chi connectivity index (χ0v) is 23.3. The van der Waals surface area contributed by atoms with Gasteiger partial charge in [-0.3, -0.25) is 13.9 Å². The lowest BCUT2D eigenvalue weighted by atomic mass is 9.68. The first-order valence-electron chi connectivity index (χ1n) is 13.7. The van der Waals surface area contributed by atoms with E-state index in [0.717, 1.165) is 30.5 Å². The molecular weight excluding hydrogens is 543 g/mol. The summed E-state index contributed by atoms with van der Waals surface area (Å²) in [5.41, 5.74) is 2.04. The zero-order valence-electron chi connectivity index (χ0n) is 22.5. The molecule has 0 aromatic heterocycles. The maximum Gasteiger partial charge on any atom is 0.264 e. The molecule has 3 aromatic carbocycles. The second-order valence-electron chi connectivity index (χ2n) is 11.1. The Morgan fingerprint density at radius 2 is 1.73 bits per heavy atom. The Balaban J connectivity index is 1.45. The lowest BCUT2D eigenvalue weighted by molar-refractivity contribution is -0.130. The van der Waals surface area contributed by atoms with Gasteiger partial charge in [0.15, 0.2) is 0 Å². The summed E-state index contributed by atoms with van der Waals surface area (Å²) in [6, 6.07) is 18.3. The average Bonchev–Trinajstić information content (AvgIpc) is 3.77. The van der Waals surface area contributed by atoms with Crippen LogP contribution >= 0.6 is 0 Å². The van der Waals surface area contributed by atoms with E-state index in [4.69, 9.17) is 0 Å². The Labute approximate surface area is 238 Å². The molecule has 10 heteroatoms. The van der Waals surface area contributed by atoms with Crippen LogP contribution in [0.25, 0.3) is 0 Å². The molecule has 1 N–H and O–H groups in total. The number of hydrogen-bond donors (Lipinski definition) is 1. The lowest BCUT2D eigenvalue weighted by Crippen LogP contribution is -2.54. The number of carbonyl (C=O) groups is 2. The molecule has 3 aromatic rings. The van der Waals surface area contributed by atoms with Gasteiger partial charge in [-0.2, -0.15) is 5.26 Å². The molecular formula is C31H29FN4O4S. The number of likely N-dealkylation sites (tertiary alicyclic amines) is 1. The molecule has 3 aliphatic rings. The summed E-state index contributed by atoms with van der Waals surface area (Å²) in [4.78, 5) is 27.1. The first kappa shape index (κ1) is 27.0. The van der Waals surface area contributed by atoms with Gasteiger partial charge in [0.1, 0.15) is 5.82 Å². The van der Waals surface area contributed by atoms with Crippen LogP contribution < -0.4 is 9.62 Å². The van der Waals surface area contributed by atoms with Crippen molar-refractivity contribution < 1.29 is 22.4 Å². The fraction of sp³-hybridized carbons (Fsp3) is 0.323. The molecule has 2 amide bonds. The molecule has 1 aliphatic carbocycles.